The molecule has 0 unspecified atom stereocenters. The van der Waals surface area contributed by atoms with Crippen molar-refractivity contribution >= 4 is 24.6 Å². The van der Waals surface area contributed by atoms with Crippen LogP contribution in [0.5, 0.6) is 0 Å². The zero-order valence-electron chi connectivity index (χ0n) is 14.1. The quantitative estimate of drug-likeness (QED) is 0.507. The Labute approximate surface area is 154 Å². The molecule has 0 fully saturated rings. The highest BCUT2D eigenvalue weighted by Crippen LogP contribution is 2.05. The van der Waals surface area contributed by atoms with Crippen molar-refractivity contribution in [2.45, 2.75) is 13.3 Å². The molecule has 3 rings (SSSR count). The minimum absolute atomic E-state index is 0. The van der Waals surface area contributed by atoms with Gasteiger partial charge >= 0.3 is 0 Å². The molecule has 1 aliphatic rings. The lowest BCUT2D eigenvalue weighted by Crippen LogP contribution is -2.30. The molecule has 1 heterocycles. The van der Waals surface area contributed by atoms with E-state index in [-0.39, 0.29) is 12.4 Å². The second-order valence-corrected chi connectivity index (χ2v) is 5.45. The van der Waals surface area contributed by atoms with Gasteiger partial charge in [-0.05, 0) is 41.8 Å². The molecule has 0 bridgehead atoms. The fourth-order valence-electron chi connectivity index (χ4n) is 2.26. The third kappa shape index (κ3) is 5.66. The first-order valence-electron chi connectivity index (χ1n) is 8.12. The van der Waals surface area contributed by atoms with E-state index in [2.05, 4.69) is 63.9 Å². The van der Waals surface area contributed by atoms with Crippen LogP contribution in [-0.4, -0.2) is 25.3 Å². The maximum atomic E-state index is 4.21. The molecule has 4 nitrogen and oxygen atoms in total. The zero-order chi connectivity index (χ0) is 16.6. The number of nitrogens with zero attached hydrogens (tertiary/aromatic N) is 2. The van der Waals surface area contributed by atoms with Crippen LogP contribution in [-0.2, 0) is 6.42 Å². The van der Waals surface area contributed by atoms with Crippen molar-refractivity contribution in [1.29, 1.82) is 0 Å². The Balaban J connectivity index is 0.00000225. The molecule has 25 heavy (non-hydrogen) atoms. The van der Waals surface area contributed by atoms with E-state index in [0.717, 1.165) is 42.2 Å². The molecule has 1 aliphatic heterocycles. The molecule has 2 aromatic carbocycles. The molecule has 0 radical (unpaired) electrons. The summed E-state index contributed by atoms with van der Waals surface area (Å²) in [7, 11) is 0. The maximum absolute atomic E-state index is 4.21. The van der Waals surface area contributed by atoms with E-state index < -0.39 is 0 Å². The Hall–Kier alpha value is -2.77. The van der Waals surface area contributed by atoms with E-state index in [4.69, 9.17) is 0 Å². The van der Waals surface area contributed by atoms with Crippen LogP contribution in [0.1, 0.15) is 29.2 Å². The Morgan fingerprint density at radius 1 is 1.08 bits per heavy atom. The van der Waals surface area contributed by atoms with Gasteiger partial charge in [0.15, 0.2) is 0 Å². The van der Waals surface area contributed by atoms with Crippen LogP contribution in [0.25, 0.3) is 0 Å². The summed E-state index contributed by atoms with van der Waals surface area (Å²) >= 11 is 0. The summed E-state index contributed by atoms with van der Waals surface area (Å²) in [5.74, 6) is 7.10. The van der Waals surface area contributed by atoms with E-state index in [9.17, 15) is 0 Å². The van der Waals surface area contributed by atoms with Crippen molar-refractivity contribution < 1.29 is 0 Å². The largest absolute Gasteiger partial charge is 0.353 e. The molecule has 2 N–H and O–H groups in total. The monoisotopic (exact) mass is 352 g/mol. The molecule has 5 heteroatoms. The Morgan fingerprint density at radius 2 is 1.72 bits per heavy atom. The van der Waals surface area contributed by atoms with Crippen LogP contribution in [0.2, 0.25) is 0 Å². The van der Waals surface area contributed by atoms with Gasteiger partial charge in [-0.3, -0.25) is 0 Å². The first kappa shape index (κ1) is 18.6. The van der Waals surface area contributed by atoms with Gasteiger partial charge in [-0.25, -0.2) is 10.4 Å². The molecule has 0 aromatic heterocycles. The van der Waals surface area contributed by atoms with Gasteiger partial charge in [-0.1, -0.05) is 43.0 Å². The Bertz CT molecular complexity index is 796. The van der Waals surface area contributed by atoms with Crippen molar-refractivity contribution in [3.8, 4) is 11.8 Å². The number of guanidine groups is 1. The molecule has 128 valence electrons. The minimum Gasteiger partial charge on any atom is -0.353 e. The minimum atomic E-state index is 0. The number of aliphatic imine (C=N–C) groups is 1. The summed E-state index contributed by atoms with van der Waals surface area (Å²) in [6.07, 6.45) is 2.82. The number of aryl methyl sites for hydroxylation is 1. The summed E-state index contributed by atoms with van der Waals surface area (Å²) in [4.78, 5) is 4.21. The number of halogens is 1. The molecular formula is C20H21ClN4. The summed E-state index contributed by atoms with van der Waals surface area (Å²) in [6.45, 7) is 3.82. The highest BCUT2D eigenvalue weighted by molar-refractivity contribution is 5.85. The highest BCUT2D eigenvalue weighted by atomic mass is 35.5. The predicted octanol–water partition coefficient (Wildman–Crippen LogP) is 2.95. The highest BCUT2D eigenvalue weighted by Gasteiger charge is 2.01. The van der Waals surface area contributed by atoms with Crippen LogP contribution in [0, 0.1) is 11.8 Å². The topological polar surface area (TPSA) is 48.8 Å². The third-order valence-corrected chi connectivity index (χ3v) is 3.68. The summed E-state index contributed by atoms with van der Waals surface area (Å²) in [6, 6.07) is 16.4. The van der Waals surface area contributed by atoms with E-state index in [1.54, 1.807) is 6.21 Å². The van der Waals surface area contributed by atoms with Crippen molar-refractivity contribution in [2.24, 2.45) is 10.1 Å². The van der Waals surface area contributed by atoms with E-state index in [0.29, 0.717) is 0 Å². The SMILES string of the molecule is CCc1ccc(C#Cc2ccc(/C=N/NC3=NCCN3)cc2)cc1.Cl. The summed E-state index contributed by atoms with van der Waals surface area (Å²) in [5, 5.41) is 7.26. The van der Waals surface area contributed by atoms with Crippen molar-refractivity contribution in [1.82, 2.24) is 10.7 Å². The second-order valence-electron chi connectivity index (χ2n) is 5.45. The molecule has 0 amide bonds. The Morgan fingerprint density at radius 3 is 2.28 bits per heavy atom. The normalized spacial score (nSPS) is 12.6. The molecular weight excluding hydrogens is 332 g/mol. The smallest absolute Gasteiger partial charge is 0.212 e. The molecule has 2 aromatic rings. The fraction of sp³-hybridized carbons (Fsp3) is 0.200. The van der Waals surface area contributed by atoms with Crippen molar-refractivity contribution in [3.63, 3.8) is 0 Å². The van der Waals surface area contributed by atoms with Gasteiger partial charge in [-0.2, -0.15) is 5.10 Å². The number of rotatable bonds is 3. The first-order valence-corrected chi connectivity index (χ1v) is 8.12. The van der Waals surface area contributed by atoms with Crippen LogP contribution >= 0.6 is 12.4 Å². The van der Waals surface area contributed by atoms with E-state index >= 15 is 0 Å². The van der Waals surface area contributed by atoms with Gasteiger partial charge in [-0.15, -0.1) is 12.4 Å². The lowest BCUT2D eigenvalue weighted by Gasteiger charge is -1.99. The first-order chi connectivity index (χ1) is 11.8. The third-order valence-electron chi connectivity index (χ3n) is 3.68. The molecule has 0 aliphatic carbocycles. The standard InChI is InChI=1S/C20H20N4.ClH/c1-2-16-3-5-17(6-4-16)7-8-18-9-11-19(12-10-18)15-23-24-20-21-13-14-22-20;/h3-6,9-12,15H,2,13-14H2,1H3,(H2,21,22,24);1H/b23-15+;. The van der Waals surface area contributed by atoms with Gasteiger partial charge in [0.25, 0.3) is 0 Å². The number of hydrogen-bond donors (Lipinski definition) is 2. The van der Waals surface area contributed by atoms with E-state index in [1.165, 1.54) is 5.56 Å². The number of hydrazone groups is 1. The number of nitrogens with one attached hydrogen (secondary N) is 2. The Kier molecular flexibility index (Phi) is 7.06. The van der Waals surface area contributed by atoms with Gasteiger partial charge in [0, 0.05) is 17.7 Å². The van der Waals surface area contributed by atoms with Crippen molar-refractivity contribution in [3.05, 3.63) is 70.8 Å². The molecule has 0 spiro atoms. The van der Waals surface area contributed by atoms with Crippen LogP contribution in [0.15, 0.2) is 58.6 Å². The number of benzene rings is 2. The van der Waals surface area contributed by atoms with Gasteiger partial charge in [0.05, 0.1) is 12.8 Å². The van der Waals surface area contributed by atoms with Gasteiger partial charge in [0.2, 0.25) is 5.96 Å². The lowest BCUT2D eigenvalue weighted by molar-refractivity contribution is 0.920. The maximum Gasteiger partial charge on any atom is 0.212 e. The van der Waals surface area contributed by atoms with Crippen LogP contribution in [0.3, 0.4) is 0 Å². The predicted molar refractivity (Wildman–Crippen MR) is 107 cm³/mol. The van der Waals surface area contributed by atoms with Crippen LogP contribution < -0.4 is 10.7 Å². The van der Waals surface area contributed by atoms with Gasteiger partial charge in [0.1, 0.15) is 0 Å². The number of hydrogen-bond acceptors (Lipinski definition) is 4. The van der Waals surface area contributed by atoms with E-state index in [1.807, 2.05) is 24.3 Å². The van der Waals surface area contributed by atoms with Gasteiger partial charge < -0.3 is 5.32 Å². The molecule has 0 atom stereocenters. The fourth-order valence-corrected chi connectivity index (χ4v) is 2.26. The summed E-state index contributed by atoms with van der Waals surface area (Å²) in [5.41, 5.74) is 7.25. The molecule has 0 saturated heterocycles. The van der Waals surface area contributed by atoms with Crippen molar-refractivity contribution in [2.75, 3.05) is 13.1 Å². The zero-order valence-corrected chi connectivity index (χ0v) is 14.9. The molecule has 0 saturated carbocycles. The summed E-state index contributed by atoms with van der Waals surface area (Å²) < 4.78 is 0. The van der Waals surface area contributed by atoms with Crippen LogP contribution in [0.4, 0.5) is 0 Å². The average molecular weight is 353 g/mol. The average Bonchev–Trinajstić information content (AvgIpc) is 3.15. The lowest BCUT2D eigenvalue weighted by atomic mass is 10.1. The second kappa shape index (κ2) is 9.51.